The summed E-state index contributed by atoms with van der Waals surface area (Å²) in [5.41, 5.74) is 8.27. The van der Waals surface area contributed by atoms with Gasteiger partial charge >= 0.3 is 0 Å². The molecule has 0 bridgehead atoms. The molecule has 0 aliphatic carbocycles. The molecule has 2 rings (SSSR count). The van der Waals surface area contributed by atoms with E-state index in [1.54, 1.807) is 6.07 Å². The van der Waals surface area contributed by atoms with E-state index in [2.05, 4.69) is 28.1 Å². The van der Waals surface area contributed by atoms with E-state index in [9.17, 15) is 4.39 Å². The van der Waals surface area contributed by atoms with Crippen molar-refractivity contribution in [3.05, 3.63) is 69.9 Å². The molecule has 2 aromatic rings. The summed E-state index contributed by atoms with van der Waals surface area (Å²) >= 11 is 3.15. The van der Waals surface area contributed by atoms with E-state index in [0.717, 1.165) is 24.8 Å². The molecule has 100 valence electrons. The van der Waals surface area contributed by atoms with Gasteiger partial charge in [-0.25, -0.2) is 4.39 Å². The summed E-state index contributed by atoms with van der Waals surface area (Å²) in [4.78, 5) is 0. The molecule has 0 radical (unpaired) electrons. The van der Waals surface area contributed by atoms with Crippen molar-refractivity contribution in [3.8, 4) is 0 Å². The van der Waals surface area contributed by atoms with Gasteiger partial charge in [-0.1, -0.05) is 36.4 Å². The summed E-state index contributed by atoms with van der Waals surface area (Å²) in [6.45, 7) is 0. The topological polar surface area (TPSA) is 26.0 Å². The summed E-state index contributed by atoms with van der Waals surface area (Å²) < 4.78 is 13.9. The van der Waals surface area contributed by atoms with Crippen molar-refractivity contribution in [2.24, 2.45) is 5.73 Å². The van der Waals surface area contributed by atoms with Gasteiger partial charge in [0.05, 0.1) is 4.47 Å². The Morgan fingerprint density at radius 3 is 2.53 bits per heavy atom. The van der Waals surface area contributed by atoms with Crippen LogP contribution in [-0.4, -0.2) is 0 Å². The number of halogens is 2. The molecule has 0 amide bonds. The first-order valence-electron chi connectivity index (χ1n) is 6.41. The average molecular weight is 322 g/mol. The van der Waals surface area contributed by atoms with Crippen molar-refractivity contribution < 1.29 is 4.39 Å². The third kappa shape index (κ3) is 4.15. The molecule has 3 heteroatoms. The third-order valence-electron chi connectivity index (χ3n) is 3.20. The first-order chi connectivity index (χ1) is 9.16. The maximum atomic E-state index is 13.4. The molecule has 1 unspecified atom stereocenters. The van der Waals surface area contributed by atoms with Gasteiger partial charge in [-0.2, -0.15) is 0 Å². The van der Waals surface area contributed by atoms with Gasteiger partial charge in [-0.15, -0.1) is 0 Å². The second kappa shape index (κ2) is 6.83. The zero-order chi connectivity index (χ0) is 13.7. The maximum absolute atomic E-state index is 13.4. The van der Waals surface area contributed by atoms with Crippen molar-refractivity contribution in [1.29, 1.82) is 0 Å². The van der Waals surface area contributed by atoms with Crippen LogP contribution < -0.4 is 5.73 Å². The standard InChI is InChI=1S/C16H17BrFN/c17-14-10-9-13(11-15(14)18)16(19)8-4-7-12-5-2-1-3-6-12/h1-3,5-6,9-11,16H,4,7-8,19H2. The van der Waals surface area contributed by atoms with Gasteiger partial charge in [0.15, 0.2) is 0 Å². The Balaban J connectivity index is 1.87. The van der Waals surface area contributed by atoms with Gasteiger partial charge in [-0.05, 0) is 58.5 Å². The van der Waals surface area contributed by atoms with Crippen LogP contribution in [0.25, 0.3) is 0 Å². The van der Waals surface area contributed by atoms with Crippen LogP contribution in [0.2, 0.25) is 0 Å². The number of benzene rings is 2. The molecule has 0 fully saturated rings. The van der Waals surface area contributed by atoms with Crippen LogP contribution in [0.1, 0.15) is 30.0 Å². The molecule has 2 N–H and O–H groups in total. The maximum Gasteiger partial charge on any atom is 0.137 e. The molecule has 19 heavy (non-hydrogen) atoms. The number of hydrogen-bond donors (Lipinski definition) is 1. The molecule has 0 spiro atoms. The highest BCUT2D eigenvalue weighted by atomic mass is 79.9. The van der Waals surface area contributed by atoms with E-state index < -0.39 is 0 Å². The van der Waals surface area contributed by atoms with E-state index in [1.807, 2.05) is 24.3 Å². The lowest BCUT2D eigenvalue weighted by Crippen LogP contribution is -2.10. The van der Waals surface area contributed by atoms with Crippen LogP contribution in [0.4, 0.5) is 4.39 Å². The molecular formula is C16H17BrFN. The number of rotatable bonds is 5. The fourth-order valence-corrected chi connectivity index (χ4v) is 2.33. The van der Waals surface area contributed by atoms with Crippen molar-refractivity contribution in [3.63, 3.8) is 0 Å². The van der Waals surface area contributed by atoms with Crippen molar-refractivity contribution in [2.75, 3.05) is 0 Å². The monoisotopic (exact) mass is 321 g/mol. The summed E-state index contributed by atoms with van der Waals surface area (Å²) in [6, 6.07) is 15.3. The van der Waals surface area contributed by atoms with E-state index in [-0.39, 0.29) is 11.9 Å². The predicted molar refractivity (Wildman–Crippen MR) is 80.4 cm³/mol. The Morgan fingerprint density at radius 2 is 1.84 bits per heavy atom. The lowest BCUT2D eigenvalue weighted by molar-refractivity contribution is 0.590. The van der Waals surface area contributed by atoms with Gasteiger partial charge < -0.3 is 5.73 Å². The summed E-state index contributed by atoms with van der Waals surface area (Å²) in [5, 5.41) is 0. The molecule has 0 aliphatic heterocycles. The first-order valence-corrected chi connectivity index (χ1v) is 7.20. The molecular weight excluding hydrogens is 305 g/mol. The fraction of sp³-hybridized carbons (Fsp3) is 0.250. The zero-order valence-electron chi connectivity index (χ0n) is 10.7. The summed E-state index contributed by atoms with van der Waals surface area (Å²) in [7, 11) is 0. The van der Waals surface area contributed by atoms with E-state index in [1.165, 1.54) is 11.6 Å². The summed E-state index contributed by atoms with van der Waals surface area (Å²) in [5.74, 6) is -0.254. The predicted octanol–water partition coefficient (Wildman–Crippen LogP) is 4.61. The molecule has 0 saturated carbocycles. The molecule has 0 heterocycles. The Hall–Kier alpha value is -1.19. The second-order valence-corrected chi connectivity index (χ2v) is 5.51. The van der Waals surface area contributed by atoms with Crippen molar-refractivity contribution >= 4 is 15.9 Å². The Labute approximate surface area is 121 Å². The van der Waals surface area contributed by atoms with Crippen LogP contribution >= 0.6 is 15.9 Å². The van der Waals surface area contributed by atoms with Crippen LogP contribution in [0.15, 0.2) is 53.0 Å². The second-order valence-electron chi connectivity index (χ2n) is 4.66. The van der Waals surface area contributed by atoms with Crippen LogP contribution in [0.5, 0.6) is 0 Å². The minimum atomic E-state index is -0.254. The fourth-order valence-electron chi connectivity index (χ4n) is 2.08. The van der Waals surface area contributed by atoms with Crippen molar-refractivity contribution in [2.45, 2.75) is 25.3 Å². The highest BCUT2D eigenvalue weighted by Gasteiger charge is 2.08. The quantitative estimate of drug-likeness (QED) is 0.855. The molecule has 0 aromatic heterocycles. The third-order valence-corrected chi connectivity index (χ3v) is 3.84. The average Bonchev–Trinajstić information content (AvgIpc) is 2.43. The van der Waals surface area contributed by atoms with E-state index in [0.29, 0.717) is 4.47 Å². The first kappa shape index (κ1) is 14.2. The largest absolute Gasteiger partial charge is 0.324 e. The molecule has 0 aliphatic rings. The van der Waals surface area contributed by atoms with Gasteiger partial charge in [-0.3, -0.25) is 0 Å². The van der Waals surface area contributed by atoms with Crippen LogP contribution in [-0.2, 0) is 6.42 Å². The molecule has 1 nitrogen and oxygen atoms in total. The Kier molecular flexibility index (Phi) is 5.11. The van der Waals surface area contributed by atoms with Crippen molar-refractivity contribution in [1.82, 2.24) is 0 Å². The Morgan fingerprint density at radius 1 is 1.11 bits per heavy atom. The van der Waals surface area contributed by atoms with E-state index >= 15 is 0 Å². The minimum Gasteiger partial charge on any atom is -0.324 e. The SMILES string of the molecule is NC(CCCc1ccccc1)c1ccc(Br)c(F)c1. The van der Waals surface area contributed by atoms with Crippen LogP contribution in [0.3, 0.4) is 0 Å². The van der Waals surface area contributed by atoms with Gasteiger partial charge in [0.2, 0.25) is 0 Å². The van der Waals surface area contributed by atoms with Crippen LogP contribution in [0, 0.1) is 5.82 Å². The highest BCUT2D eigenvalue weighted by molar-refractivity contribution is 9.10. The summed E-state index contributed by atoms with van der Waals surface area (Å²) in [6.07, 6.45) is 2.87. The Bertz CT molecular complexity index is 528. The number of aryl methyl sites for hydroxylation is 1. The van der Waals surface area contributed by atoms with Gasteiger partial charge in [0.25, 0.3) is 0 Å². The molecule has 0 saturated heterocycles. The highest BCUT2D eigenvalue weighted by Crippen LogP contribution is 2.22. The number of nitrogens with two attached hydrogens (primary N) is 1. The molecule has 2 aromatic carbocycles. The molecule has 1 atom stereocenters. The minimum absolute atomic E-state index is 0.105. The smallest absolute Gasteiger partial charge is 0.137 e. The lowest BCUT2D eigenvalue weighted by Gasteiger charge is -2.12. The van der Waals surface area contributed by atoms with E-state index in [4.69, 9.17) is 5.73 Å². The van der Waals surface area contributed by atoms with Gasteiger partial charge in [0, 0.05) is 6.04 Å². The zero-order valence-corrected chi connectivity index (χ0v) is 12.2. The number of hydrogen-bond acceptors (Lipinski definition) is 1. The van der Waals surface area contributed by atoms with Gasteiger partial charge in [0.1, 0.15) is 5.82 Å². The lowest BCUT2D eigenvalue weighted by atomic mass is 10.00. The normalized spacial score (nSPS) is 12.4.